The van der Waals surface area contributed by atoms with E-state index in [0.717, 1.165) is 18.4 Å². The number of benzene rings is 1. The van der Waals surface area contributed by atoms with Crippen molar-refractivity contribution in [1.82, 2.24) is 0 Å². The average molecular weight is 230 g/mol. The molecule has 3 heteroatoms. The average Bonchev–Trinajstić information content (AvgIpc) is 2.21. The number of halogens is 2. The molecule has 0 fully saturated rings. The first-order valence-electron chi connectivity index (χ1n) is 5.26. The molecule has 0 saturated heterocycles. The van der Waals surface area contributed by atoms with Gasteiger partial charge < -0.3 is 5.73 Å². The number of hydrogen-bond acceptors (Lipinski definition) is 1. The minimum absolute atomic E-state index is 0.114. The summed E-state index contributed by atoms with van der Waals surface area (Å²) >= 11 is 5.61. The first-order chi connectivity index (χ1) is 7.06. The maximum atomic E-state index is 13.2. The van der Waals surface area contributed by atoms with Crippen LogP contribution in [-0.2, 0) is 0 Å². The highest BCUT2D eigenvalue weighted by Crippen LogP contribution is 2.25. The van der Waals surface area contributed by atoms with Crippen LogP contribution in [0.4, 0.5) is 4.39 Å². The molecule has 84 valence electrons. The molecule has 0 amide bonds. The van der Waals surface area contributed by atoms with Gasteiger partial charge >= 0.3 is 0 Å². The molecule has 0 aromatic heterocycles. The molecule has 0 bridgehead atoms. The highest BCUT2D eigenvalue weighted by Gasteiger charge is 2.15. The van der Waals surface area contributed by atoms with E-state index >= 15 is 0 Å². The van der Waals surface area contributed by atoms with Crippen LogP contribution in [-0.4, -0.2) is 0 Å². The van der Waals surface area contributed by atoms with Gasteiger partial charge in [0.1, 0.15) is 5.82 Å². The van der Waals surface area contributed by atoms with Gasteiger partial charge in [-0.05, 0) is 30.0 Å². The molecule has 2 N–H and O–H groups in total. The first-order valence-corrected chi connectivity index (χ1v) is 5.64. The van der Waals surface area contributed by atoms with Crippen molar-refractivity contribution >= 4 is 11.6 Å². The largest absolute Gasteiger partial charge is 0.324 e. The van der Waals surface area contributed by atoms with Crippen LogP contribution in [0.2, 0.25) is 5.02 Å². The van der Waals surface area contributed by atoms with E-state index in [1.165, 1.54) is 6.07 Å². The monoisotopic (exact) mass is 229 g/mol. The highest BCUT2D eigenvalue weighted by molar-refractivity contribution is 6.30. The Kier molecular flexibility index (Phi) is 4.55. The van der Waals surface area contributed by atoms with Crippen LogP contribution in [0, 0.1) is 11.7 Å². The maximum Gasteiger partial charge on any atom is 0.142 e. The molecule has 0 heterocycles. The van der Waals surface area contributed by atoms with Gasteiger partial charge in [0.15, 0.2) is 0 Å². The van der Waals surface area contributed by atoms with Crippen LogP contribution in [0.3, 0.4) is 0 Å². The summed E-state index contributed by atoms with van der Waals surface area (Å²) in [6, 6.07) is 4.67. The molecule has 2 atom stereocenters. The molecule has 1 rings (SSSR count). The van der Waals surface area contributed by atoms with Crippen molar-refractivity contribution in [2.24, 2.45) is 11.7 Å². The Bertz CT molecular complexity index is 327. The number of hydrogen-bond donors (Lipinski definition) is 1. The second-order valence-corrected chi connectivity index (χ2v) is 4.37. The van der Waals surface area contributed by atoms with Crippen molar-refractivity contribution in [3.63, 3.8) is 0 Å². The molecular formula is C12H17ClFN. The van der Waals surface area contributed by atoms with Crippen LogP contribution in [0.1, 0.15) is 38.3 Å². The van der Waals surface area contributed by atoms with Crippen LogP contribution >= 0.6 is 11.6 Å². The molecule has 1 aromatic rings. The van der Waals surface area contributed by atoms with E-state index in [1.807, 2.05) is 0 Å². The van der Waals surface area contributed by atoms with E-state index in [9.17, 15) is 4.39 Å². The third kappa shape index (κ3) is 3.18. The lowest BCUT2D eigenvalue weighted by molar-refractivity contribution is 0.432. The predicted octanol–water partition coefficient (Wildman–Crippen LogP) is 3.92. The Morgan fingerprint density at radius 2 is 2.13 bits per heavy atom. The molecule has 1 nitrogen and oxygen atoms in total. The van der Waals surface area contributed by atoms with Crippen molar-refractivity contribution in [2.75, 3.05) is 0 Å². The summed E-state index contributed by atoms with van der Waals surface area (Å²) in [5.41, 5.74) is 6.85. The van der Waals surface area contributed by atoms with Crippen molar-refractivity contribution in [3.05, 3.63) is 34.6 Å². The fraction of sp³-hybridized carbons (Fsp3) is 0.500. The van der Waals surface area contributed by atoms with E-state index in [-0.39, 0.29) is 11.1 Å². The zero-order valence-corrected chi connectivity index (χ0v) is 9.89. The summed E-state index contributed by atoms with van der Waals surface area (Å²) in [4.78, 5) is 0. The van der Waals surface area contributed by atoms with Gasteiger partial charge in [-0.15, -0.1) is 0 Å². The number of rotatable bonds is 4. The lowest BCUT2D eigenvalue weighted by atomic mass is 9.92. The summed E-state index contributed by atoms with van der Waals surface area (Å²) < 4.78 is 13.2. The quantitative estimate of drug-likeness (QED) is 0.832. The molecule has 0 aliphatic carbocycles. The van der Waals surface area contributed by atoms with Gasteiger partial charge in [0.2, 0.25) is 0 Å². The van der Waals surface area contributed by atoms with E-state index in [4.69, 9.17) is 17.3 Å². The maximum absolute atomic E-state index is 13.2. The van der Waals surface area contributed by atoms with Crippen molar-refractivity contribution < 1.29 is 4.39 Å². The molecule has 15 heavy (non-hydrogen) atoms. The Balaban J connectivity index is 2.81. The lowest BCUT2D eigenvalue weighted by Crippen LogP contribution is -2.19. The molecule has 0 aliphatic heterocycles. The van der Waals surface area contributed by atoms with Gasteiger partial charge in [-0.1, -0.05) is 37.9 Å². The van der Waals surface area contributed by atoms with Crippen molar-refractivity contribution in [1.29, 1.82) is 0 Å². The fourth-order valence-corrected chi connectivity index (χ4v) is 1.80. The molecule has 2 unspecified atom stereocenters. The summed E-state index contributed by atoms with van der Waals surface area (Å²) in [5.74, 6) is -0.0381. The second-order valence-electron chi connectivity index (χ2n) is 3.97. The molecular weight excluding hydrogens is 213 g/mol. The third-order valence-electron chi connectivity index (χ3n) is 2.69. The lowest BCUT2D eigenvalue weighted by Gasteiger charge is -2.19. The molecule has 0 aliphatic rings. The van der Waals surface area contributed by atoms with Crippen LogP contribution < -0.4 is 5.73 Å². The Hall–Kier alpha value is -0.600. The predicted molar refractivity (Wildman–Crippen MR) is 62.4 cm³/mol. The van der Waals surface area contributed by atoms with Gasteiger partial charge in [-0.25, -0.2) is 4.39 Å². The summed E-state index contributed by atoms with van der Waals surface area (Å²) in [7, 11) is 0. The summed E-state index contributed by atoms with van der Waals surface area (Å²) in [6.07, 6.45) is 2.14. The minimum Gasteiger partial charge on any atom is -0.324 e. The Morgan fingerprint density at radius 3 is 2.67 bits per heavy atom. The van der Waals surface area contributed by atoms with Gasteiger partial charge in [-0.2, -0.15) is 0 Å². The van der Waals surface area contributed by atoms with Crippen molar-refractivity contribution in [3.8, 4) is 0 Å². The molecule has 0 saturated carbocycles. The first kappa shape index (κ1) is 12.5. The zero-order valence-electron chi connectivity index (χ0n) is 9.13. The van der Waals surface area contributed by atoms with Gasteiger partial charge in [0.05, 0.1) is 5.02 Å². The molecule has 1 aromatic carbocycles. The fourth-order valence-electron chi connectivity index (χ4n) is 1.68. The van der Waals surface area contributed by atoms with Crippen molar-refractivity contribution in [2.45, 2.75) is 32.7 Å². The van der Waals surface area contributed by atoms with Crippen LogP contribution in [0.5, 0.6) is 0 Å². The zero-order chi connectivity index (χ0) is 11.4. The molecule has 0 spiro atoms. The van der Waals surface area contributed by atoms with E-state index in [1.54, 1.807) is 12.1 Å². The number of nitrogens with two attached hydrogens (primary N) is 1. The van der Waals surface area contributed by atoms with E-state index in [0.29, 0.717) is 5.92 Å². The third-order valence-corrected chi connectivity index (χ3v) is 2.99. The van der Waals surface area contributed by atoms with Crippen LogP contribution in [0.25, 0.3) is 0 Å². The Morgan fingerprint density at radius 1 is 1.47 bits per heavy atom. The van der Waals surface area contributed by atoms with Crippen LogP contribution in [0.15, 0.2) is 18.2 Å². The van der Waals surface area contributed by atoms with Gasteiger partial charge in [0, 0.05) is 6.04 Å². The minimum atomic E-state index is -0.395. The smallest absolute Gasteiger partial charge is 0.142 e. The van der Waals surface area contributed by atoms with Gasteiger partial charge in [-0.3, -0.25) is 0 Å². The normalized spacial score (nSPS) is 15.0. The van der Waals surface area contributed by atoms with Gasteiger partial charge in [0.25, 0.3) is 0 Å². The Labute approximate surface area is 95.4 Å². The standard InChI is InChI=1S/C12H17ClFN/c1-3-4-8(2)12(15)9-5-6-10(13)11(14)7-9/h5-8,12H,3-4,15H2,1-2H3. The highest BCUT2D eigenvalue weighted by atomic mass is 35.5. The van der Waals surface area contributed by atoms with E-state index in [2.05, 4.69) is 13.8 Å². The SMILES string of the molecule is CCCC(C)C(N)c1ccc(Cl)c(F)c1. The molecule has 0 radical (unpaired) electrons. The summed E-state index contributed by atoms with van der Waals surface area (Å²) in [5, 5.41) is 0.147. The topological polar surface area (TPSA) is 26.0 Å². The van der Waals surface area contributed by atoms with E-state index < -0.39 is 5.82 Å². The second kappa shape index (κ2) is 5.47. The summed E-state index contributed by atoms with van der Waals surface area (Å²) in [6.45, 7) is 4.20.